The second-order valence-corrected chi connectivity index (χ2v) is 13.7. The van der Waals surface area contributed by atoms with E-state index in [1.165, 1.54) is 9.13 Å². The van der Waals surface area contributed by atoms with Crippen molar-refractivity contribution >= 4 is 36.9 Å². The van der Waals surface area contributed by atoms with Crippen LogP contribution in [0.25, 0.3) is 0 Å². The third kappa shape index (κ3) is 7.76. The molecule has 1 atom stereocenters. The van der Waals surface area contributed by atoms with E-state index in [-0.39, 0.29) is 17.0 Å². The summed E-state index contributed by atoms with van der Waals surface area (Å²) in [5, 5.41) is 3.64. The van der Waals surface area contributed by atoms with E-state index >= 15 is 0 Å². The Morgan fingerprint density at radius 3 is 2.36 bits per heavy atom. The van der Waals surface area contributed by atoms with Crippen LogP contribution in [0.15, 0.2) is 24.3 Å². The van der Waals surface area contributed by atoms with Gasteiger partial charge in [-0.05, 0) is 65.3 Å². The monoisotopic (exact) mass is 477 g/mol. The van der Waals surface area contributed by atoms with E-state index < -0.39 is 8.32 Å². The number of carbonyl (C=O) groups excluding carboxylic acids is 1. The lowest BCUT2D eigenvalue weighted by Gasteiger charge is -2.37. The standard InChI is InChI=1S/C19H32INO3Si/c1-7-23-18(22)12-13-21-17(15-8-10-16(20)11-9-15)14-24-25(5,6)19(2,3)4/h8-11,17,21H,7,12-14H2,1-6H3. The maximum absolute atomic E-state index is 11.6. The number of rotatable bonds is 9. The predicted molar refractivity (Wildman–Crippen MR) is 114 cm³/mol. The van der Waals surface area contributed by atoms with Gasteiger partial charge in [0, 0.05) is 10.1 Å². The van der Waals surface area contributed by atoms with Gasteiger partial charge in [0.15, 0.2) is 8.32 Å². The van der Waals surface area contributed by atoms with Crippen LogP contribution in [0.5, 0.6) is 0 Å². The summed E-state index contributed by atoms with van der Waals surface area (Å²) in [5.41, 5.74) is 1.18. The Balaban J connectivity index is 2.75. The van der Waals surface area contributed by atoms with Gasteiger partial charge in [0.2, 0.25) is 0 Å². The molecular weight excluding hydrogens is 445 g/mol. The van der Waals surface area contributed by atoms with Crippen LogP contribution in [-0.4, -0.2) is 34.0 Å². The van der Waals surface area contributed by atoms with Crippen molar-refractivity contribution in [2.75, 3.05) is 19.8 Å². The summed E-state index contributed by atoms with van der Waals surface area (Å²) >= 11 is 2.31. The van der Waals surface area contributed by atoms with Gasteiger partial charge in [-0.1, -0.05) is 32.9 Å². The van der Waals surface area contributed by atoms with Crippen molar-refractivity contribution in [3.63, 3.8) is 0 Å². The minimum absolute atomic E-state index is 0.0700. The Morgan fingerprint density at radius 1 is 1.24 bits per heavy atom. The summed E-state index contributed by atoms with van der Waals surface area (Å²) in [7, 11) is -1.82. The third-order valence-electron chi connectivity index (χ3n) is 4.71. The van der Waals surface area contributed by atoms with Gasteiger partial charge in [0.1, 0.15) is 0 Å². The summed E-state index contributed by atoms with van der Waals surface area (Å²) in [6, 6.07) is 8.52. The molecule has 0 saturated carbocycles. The minimum atomic E-state index is -1.82. The Bertz CT molecular complexity index is 541. The average molecular weight is 477 g/mol. The van der Waals surface area contributed by atoms with Crippen molar-refractivity contribution in [2.24, 2.45) is 0 Å². The molecule has 0 saturated heterocycles. The van der Waals surface area contributed by atoms with Gasteiger partial charge in [-0.15, -0.1) is 0 Å². The molecule has 142 valence electrons. The molecule has 0 aliphatic heterocycles. The third-order valence-corrected chi connectivity index (χ3v) is 9.93. The topological polar surface area (TPSA) is 47.6 Å². The quantitative estimate of drug-likeness (QED) is 0.312. The van der Waals surface area contributed by atoms with Crippen LogP contribution >= 0.6 is 22.6 Å². The lowest BCUT2D eigenvalue weighted by atomic mass is 10.1. The normalized spacial score (nSPS) is 13.6. The maximum Gasteiger partial charge on any atom is 0.307 e. The first kappa shape index (κ1) is 22.6. The lowest BCUT2D eigenvalue weighted by Crippen LogP contribution is -2.43. The zero-order valence-corrected chi connectivity index (χ0v) is 19.5. The number of benzene rings is 1. The van der Waals surface area contributed by atoms with Gasteiger partial charge >= 0.3 is 5.97 Å². The van der Waals surface area contributed by atoms with Gasteiger partial charge in [-0.3, -0.25) is 4.79 Å². The van der Waals surface area contributed by atoms with E-state index in [2.05, 4.69) is 86.0 Å². The molecule has 1 aromatic rings. The van der Waals surface area contributed by atoms with Crippen LogP contribution in [0, 0.1) is 3.57 Å². The first-order valence-electron chi connectivity index (χ1n) is 8.85. The fraction of sp³-hybridized carbons (Fsp3) is 0.632. The summed E-state index contributed by atoms with van der Waals surface area (Å²) in [6.07, 6.45) is 0.370. The SMILES string of the molecule is CCOC(=O)CCNC(CO[Si](C)(C)C(C)(C)C)c1ccc(I)cc1. The molecule has 1 rings (SSSR count). The van der Waals surface area contributed by atoms with Crippen LogP contribution in [0.1, 0.15) is 45.7 Å². The highest BCUT2D eigenvalue weighted by atomic mass is 127. The molecule has 0 fully saturated rings. The first-order valence-corrected chi connectivity index (χ1v) is 12.8. The molecule has 25 heavy (non-hydrogen) atoms. The number of hydrogen-bond donors (Lipinski definition) is 1. The highest BCUT2D eigenvalue weighted by Gasteiger charge is 2.37. The molecule has 0 aromatic heterocycles. The Morgan fingerprint density at radius 2 is 1.84 bits per heavy atom. The number of ether oxygens (including phenoxy) is 1. The van der Waals surface area contributed by atoms with Crippen molar-refractivity contribution in [1.29, 1.82) is 0 Å². The highest BCUT2D eigenvalue weighted by Crippen LogP contribution is 2.37. The van der Waals surface area contributed by atoms with E-state index in [1.54, 1.807) is 0 Å². The number of esters is 1. The van der Waals surface area contributed by atoms with Crippen LogP contribution in [0.4, 0.5) is 0 Å². The van der Waals surface area contributed by atoms with Gasteiger partial charge in [0.05, 0.1) is 25.7 Å². The summed E-state index contributed by atoms with van der Waals surface area (Å²) in [6.45, 7) is 14.7. The molecule has 0 radical (unpaired) electrons. The summed E-state index contributed by atoms with van der Waals surface area (Å²) in [5.74, 6) is -0.165. The Kier molecular flexibility index (Phi) is 9.07. The predicted octanol–water partition coefficient (Wildman–Crippen LogP) is 4.90. The van der Waals surface area contributed by atoms with Crippen molar-refractivity contribution in [3.8, 4) is 0 Å². The van der Waals surface area contributed by atoms with Gasteiger partial charge in [0.25, 0.3) is 0 Å². The fourth-order valence-electron chi connectivity index (χ4n) is 2.06. The lowest BCUT2D eigenvalue weighted by molar-refractivity contribution is -0.143. The van der Waals surface area contributed by atoms with Crippen molar-refractivity contribution < 1.29 is 14.0 Å². The van der Waals surface area contributed by atoms with Crippen molar-refractivity contribution in [3.05, 3.63) is 33.4 Å². The Labute approximate surface area is 167 Å². The molecule has 1 unspecified atom stereocenters. The number of nitrogens with one attached hydrogen (secondary N) is 1. The second kappa shape index (κ2) is 10.0. The van der Waals surface area contributed by atoms with E-state index in [0.29, 0.717) is 26.2 Å². The Hall–Kier alpha value is -0.443. The van der Waals surface area contributed by atoms with Crippen LogP contribution in [0.2, 0.25) is 18.1 Å². The van der Waals surface area contributed by atoms with Gasteiger partial charge < -0.3 is 14.5 Å². The molecular formula is C19H32INO3Si. The molecule has 0 spiro atoms. The molecule has 6 heteroatoms. The number of halogens is 1. The molecule has 0 amide bonds. The fourth-order valence-corrected chi connectivity index (χ4v) is 3.43. The van der Waals surface area contributed by atoms with Crippen LogP contribution in [0.3, 0.4) is 0 Å². The van der Waals surface area contributed by atoms with Crippen molar-refractivity contribution in [2.45, 2.75) is 58.3 Å². The molecule has 0 aliphatic rings. The summed E-state index contributed by atoms with van der Waals surface area (Å²) < 4.78 is 12.6. The van der Waals surface area contributed by atoms with E-state index in [0.717, 1.165) is 0 Å². The van der Waals surface area contributed by atoms with E-state index in [1.807, 2.05) is 6.92 Å². The molecule has 1 N–H and O–H groups in total. The number of carbonyl (C=O) groups is 1. The van der Waals surface area contributed by atoms with Gasteiger partial charge in [-0.25, -0.2) is 0 Å². The first-order chi connectivity index (χ1) is 11.6. The average Bonchev–Trinajstić information content (AvgIpc) is 2.51. The summed E-state index contributed by atoms with van der Waals surface area (Å²) in [4.78, 5) is 11.6. The highest BCUT2D eigenvalue weighted by molar-refractivity contribution is 14.1. The maximum atomic E-state index is 11.6. The zero-order chi connectivity index (χ0) is 19.1. The smallest absolute Gasteiger partial charge is 0.307 e. The van der Waals surface area contributed by atoms with Crippen LogP contribution in [-0.2, 0) is 14.0 Å². The molecule has 0 heterocycles. The van der Waals surface area contributed by atoms with E-state index in [4.69, 9.17) is 9.16 Å². The molecule has 1 aromatic carbocycles. The van der Waals surface area contributed by atoms with Crippen molar-refractivity contribution in [1.82, 2.24) is 5.32 Å². The zero-order valence-electron chi connectivity index (χ0n) is 16.3. The number of hydrogen-bond acceptors (Lipinski definition) is 4. The molecule has 0 aliphatic carbocycles. The van der Waals surface area contributed by atoms with E-state index in [9.17, 15) is 4.79 Å². The molecule has 0 bridgehead atoms. The second-order valence-electron chi connectivity index (χ2n) is 7.68. The molecule has 4 nitrogen and oxygen atoms in total. The largest absolute Gasteiger partial charge is 0.466 e. The van der Waals surface area contributed by atoms with Crippen LogP contribution < -0.4 is 5.32 Å². The minimum Gasteiger partial charge on any atom is -0.466 e. The van der Waals surface area contributed by atoms with Gasteiger partial charge in [-0.2, -0.15) is 0 Å².